The van der Waals surface area contributed by atoms with Gasteiger partial charge in [-0.1, -0.05) is 0 Å². The van der Waals surface area contributed by atoms with Crippen LogP contribution >= 0.6 is 0 Å². The van der Waals surface area contributed by atoms with Gasteiger partial charge in [0.05, 0.1) is 25.9 Å². The number of phenolic OH excluding ortho intramolecular Hbond substituents is 1. The maximum absolute atomic E-state index is 13.0. The van der Waals surface area contributed by atoms with Gasteiger partial charge < -0.3 is 39.1 Å². The predicted octanol–water partition coefficient (Wildman–Crippen LogP) is 1.73. The second-order valence-corrected chi connectivity index (χ2v) is 7.65. The fourth-order valence-corrected chi connectivity index (χ4v) is 3.93. The standard InChI is InChI=1S/C23H24O9/c1-10-19(26)20(27)21(28)23(31-10)18-14(25)9-16(30-3)17-13(24)8-15(32-22(17)18)11-4-6-12(29-2)7-5-11/h4-10,19-21,23,25-28H,1-3H3. The fraction of sp³-hybridized carbons (Fsp3) is 0.348. The number of benzene rings is 2. The van der Waals surface area contributed by atoms with Crippen LogP contribution in [0.3, 0.4) is 0 Å². The Hall–Kier alpha value is -3.11. The Morgan fingerprint density at radius 1 is 0.938 bits per heavy atom. The molecule has 32 heavy (non-hydrogen) atoms. The number of hydrogen-bond acceptors (Lipinski definition) is 9. The van der Waals surface area contributed by atoms with Crippen LogP contribution in [0.2, 0.25) is 0 Å². The Morgan fingerprint density at radius 3 is 2.25 bits per heavy atom. The number of ether oxygens (including phenoxy) is 3. The number of rotatable bonds is 4. The predicted molar refractivity (Wildman–Crippen MR) is 114 cm³/mol. The van der Waals surface area contributed by atoms with Gasteiger partial charge in [0, 0.05) is 17.7 Å². The van der Waals surface area contributed by atoms with E-state index in [4.69, 9.17) is 18.6 Å². The van der Waals surface area contributed by atoms with Gasteiger partial charge in [0.1, 0.15) is 52.8 Å². The van der Waals surface area contributed by atoms with E-state index >= 15 is 0 Å². The first-order valence-electron chi connectivity index (χ1n) is 9.98. The Morgan fingerprint density at radius 2 is 1.62 bits per heavy atom. The average Bonchev–Trinajstić information content (AvgIpc) is 2.79. The number of aliphatic hydroxyl groups is 3. The molecule has 4 N–H and O–H groups in total. The molecular formula is C23H24O9. The monoisotopic (exact) mass is 444 g/mol. The Balaban J connectivity index is 1.97. The van der Waals surface area contributed by atoms with Crippen molar-refractivity contribution < 1.29 is 39.1 Å². The maximum Gasteiger partial charge on any atom is 0.197 e. The molecule has 0 bridgehead atoms. The van der Waals surface area contributed by atoms with Crippen LogP contribution in [0.1, 0.15) is 18.6 Å². The van der Waals surface area contributed by atoms with Crippen LogP contribution in [0.5, 0.6) is 17.2 Å². The number of aromatic hydroxyl groups is 1. The Labute approximate surface area is 183 Å². The number of phenols is 1. The molecule has 1 saturated heterocycles. The van der Waals surface area contributed by atoms with Crippen molar-refractivity contribution in [2.24, 2.45) is 0 Å². The number of aliphatic hydroxyl groups excluding tert-OH is 3. The van der Waals surface area contributed by atoms with Crippen molar-refractivity contribution in [1.29, 1.82) is 0 Å². The zero-order valence-corrected chi connectivity index (χ0v) is 17.7. The summed E-state index contributed by atoms with van der Waals surface area (Å²) < 4.78 is 22.2. The molecule has 2 heterocycles. The molecule has 5 unspecified atom stereocenters. The molecule has 2 aromatic carbocycles. The minimum atomic E-state index is -1.58. The molecule has 0 aliphatic carbocycles. The van der Waals surface area contributed by atoms with Gasteiger partial charge in [0.15, 0.2) is 11.0 Å². The van der Waals surface area contributed by atoms with Crippen molar-refractivity contribution in [1.82, 2.24) is 0 Å². The molecule has 9 nitrogen and oxygen atoms in total. The Kier molecular flexibility index (Phi) is 5.83. The molecule has 4 rings (SSSR count). The molecule has 5 atom stereocenters. The van der Waals surface area contributed by atoms with E-state index in [2.05, 4.69) is 0 Å². The number of methoxy groups -OCH3 is 2. The Bertz CT molecular complexity index is 1180. The van der Waals surface area contributed by atoms with Gasteiger partial charge in [0.2, 0.25) is 0 Å². The summed E-state index contributed by atoms with van der Waals surface area (Å²) in [6.07, 6.45) is -6.57. The van der Waals surface area contributed by atoms with E-state index in [9.17, 15) is 25.2 Å². The largest absolute Gasteiger partial charge is 0.507 e. The van der Waals surface area contributed by atoms with Crippen LogP contribution < -0.4 is 14.9 Å². The molecule has 0 spiro atoms. The van der Waals surface area contributed by atoms with E-state index in [-0.39, 0.29) is 33.8 Å². The SMILES string of the molecule is COc1ccc(-c2cc(=O)c3c(OC)cc(O)c(C4OC(C)C(O)C(O)C4O)c3o2)cc1. The van der Waals surface area contributed by atoms with E-state index in [0.717, 1.165) is 0 Å². The molecule has 1 aliphatic heterocycles. The number of hydrogen-bond donors (Lipinski definition) is 4. The average molecular weight is 444 g/mol. The minimum absolute atomic E-state index is 0.0291. The third-order valence-electron chi connectivity index (χ3n) is 5.71. The van der Waals surface area contributed by atoms with E-state index in [0.29, 0.717) is 11.3 Å². The molecule has 0 amide bonds. The van der Waals surface area contributed by atoms with Crippen molar-refractivity contribution >= 4 is 11.0 Å². The first-order valence-corrected chi connectivity index (χ1v) is 9.98. The molecule has 0 radical (unpaired) electrons. The van der Waals surface area contributed by atoms with E-state index in [1.54, 1.807) is 24.3 Å². The van der Waals surface area contributed by atoms with Gasteiger partial charge in [-0.2, -0.15) is 0 Å². The summed E-state index contributed by atoms with van der Waals surface area (Å²) in [6.45, 7) is 1.52. The second-order valence-electron chi connectivity index (χ2n) is 7.65. The zero-order chi connectivity index (χ0) is 23.2. The minimum Gasteiger partial charge on any atom is -0.507 e. The summed E-state index contributed by atoms with van der Waals surface area (Å²) in [6, 6.07) is 9.34. The smallest absolute Gasteiger partial charge is 0.197 e. The normalized spacial score (nSPS) is 25.6. The lowest BCUT2D eigenvalue weighted by molar-refractivity contribution is -0.219. The van der Waals surface area contributed by atoms with Gasteiger partial charge in [0.25, 0.3) is 0 Å². The fourth-order valence-electron chi connectivity index (χ4n) is 3.93. The topological polar surface area (TPSA) is 139 Å². The van der Waals surface area contributed by atoms with Crippen molar-refractivity contribution in [2.45, 2.75) is 37.4 Å². The third kappa shape index (κ3) is 3.59. The van der Waals surface area contributed by atoms with Gasteiger partial charge in [-0.25, -0.2) is 0 Å². The lowest BCUT2D eigenvalue weighted by atomic mass is 9.90. The summed E-state index contributed by atoms with van der Waals surface area (Å²) in [5.74, 6) is 0.551. The van der Waals surface area contributed by atoms with E-state index in [1.165, 1.54) is 33.3 Å². The summed E-state index contributed by atoms with van der Waals surface area (Å²) in [5, 5.41) is 41.7. The van der Waals surface area contributed by atoms with Crippen LogP contribution in [-0.2, 0) is 4.74 Å². The molecule has 170 valence electrons. The molecule has 9 heteroatoms. The summed E-state index contributed by atoms with van der Waals surface area (Å²) in [5.41, 5.74) is 0.0552. The van der Waals surface area contributed by atoms with Crippen LogP contribution in [-0.4, -0.2) is 59.1 Å². The number of fused-ring (bicyclic) bond motifs is 1. The van der Waals surface area contributed by atoms with Gasteiger partial charge in [-0.05, 0) is 31.2 Å². The van der Waals surface area contributed by atoms with Gasteiger partial charge >= 0.3 is 0 Å². The van der Waals surface area contributed by atoms with Crippen LogP contribution in [0, 0.1) is 0 Å². The van der Waals surface area contributed by atoms with Gasteiger partial charge in [-0.3, -0.25) is 4.79 Å². The molecule has 1 fully saturated rings. The van der Waals surface area contributed by atoms with E-state index in [1.807, 2.05) is 0 Å². The van der Waals surface area contributed by atoms with Gasteiger partial charge in [-0.15, -0.1) is 0 Å². The lowest BCUT2D eigenvalue weighted by Gasteiger charge is -2.39. The molecule has 1 aliphatic rings. The molecular weight excluding hydrogens is 420 g/mol. The summed E-state index contributed by atoms with van der Waals surface area (Å²) in [7, 11) is 2.88. The third-order valence-corrected chi connectivity index (χ3v) is 5.71. The highest BCUT2D eigenvalue weighted by Gasteiger charge is 2.44. The van der Waals surface area contributed by atoms with Crippen molar-refractivity contribution in [3.05, 3.63) is 52.2 Å². The second kappa shape index (κ2) is 8.44. The van der Waals surface area contributed by atoms with Crippen molar-refractivity contribution in [3.8, 4) is 28.6 Å². The summed E-state index contributed by atoms with van der Waals surface area (Å²) in [4.78, 5) is 13.0. The van der Waals surface area contributed by atoms with Crippen LogP contribution in [0.4, 0.5) is 0 Å². The zero-order valence-electron chi connectivity index (χ0n) is 17.7. The molecule has 3 aromatic rings. The van der Waals surface area contributed by atoms with Crippen LogP contribution in [0.25, 0.3) is 22.3 Å². The first-order chi connectivity index (χ1) is 15.3. The highest BCUT2D eigenvalue weighted by molar-refractivity contribution is 5.90. The molecule has 1 aromatic heterocycles. The quantitative estimate of drug-likeness (QED) is 0.474. The molecule has 0 saturated carbocycles. The summed E-state index contributed by atoms with van der Waals surface area (Å²) >= 11 is 0. The van der Waals surface area contributed by atoms with E-state index < -0.39 is 35.9 Å². The highest BCUT2D eigenvalue weighted by atomic mass is 16.5. The maximum atomic E-state index is 13.0. The van der Waals surface area contributed by atoms with Crippen molar-refractivity contribution in [3.63, 3.8) is 0 Å². The van der Waals surface area contributed by atoms with Crippen LogP contribution in [0.15, 0.2) is 45.6 Å². The van der Waals surface area contributed by atoms with Crippen molar-refractivity contribution in [2.75, 3.05) is 14.2 Å². The first kappa shape index (κ1) is 22.1. The lowest BCUT2D eigenvalue weighted by Crippen LogP contribution is -2.53. The highest BCUT2D eigenvalue weighted by Crippen LogP contribution is 2.43.